The second kappa shape index (κ2) is 16.2. The average molecular weight is 679 g/mol. The molecule has 0 aromatic heterocycles. The zero-order valence-corrected chi connectivity index (χ0v) is 30.0. The topological polar surface area (TPSA) is 125 Å². The van der Waals surface area contributed by atoms with Gasteiger partial charge in [-0.3, -0.25) is 9.59 Å². The predicted octanol–water partition coefficient (Wildman–Crippen LogP) is 6.15. The van der Waals surface area contributed by atoms with Gasteiger partial charge in [0.05, 0.1) is 50.5 Å². The number of allylic oxidation sites excluding steroid dienone is 2. The van der Waals surface area contributed by atoms with E-state index in [0.717, 1.165) is 19.3 Å². The molecule has 0 amide bonds. The van der Waals surface area contributed by atoms with E-state index in [-0.39, 0.29) is 66.6 Å². The smallest absolute Gasteiger partial charge is 0.457 e. The number of hydrogen-bond acceptors (Lipinski definition) is 11. The fourth-order valence-electron chi connectivity index (χ4n) is 8.64. The van der Waals surface area contributed by atoms with Crippen LogP contribution in [0.3, 0.4) is 0 Å². The van der Waals surface area contributed by atoms with Gasteiger partial charge in [0.15, 0.2) is 12.2 Å². The number of rotatable bonds is 13. The van der Waals surface area contributed by atoms with E-state index in [4.69, 9.17) is 37.9 Å². The second-order valence-corrected chi connectivity index (χ2v) is 14.8. The summed E-state index contributed by atoms with van der Waals surface area (Å²) in [5, 5.41) is 0. The van der Waals surface area contributed by atoms with Crippen LogP contribution in [0.5, 0.6) is 0 Å². The molecule has 5 aliphatic rings. The van der Waals surface area contributed by atoms with E-state index < -0.39 is 24.0 Å². The van der Waals surface area contributed by atoms with Crippen molar-refractivity contribution in [2.24, 2.45) is 35.5 Å². The van der Waals surface area contributed by atoms with E-state index in [1.807, 2.05) is 26.8 Å². The third-order valence-corrected chi connectivity index (χ3v) is 11.9. The van der Waals surface area contributed by atoms with Crippen LogP contribution in [0.1, 0.15) is 99.8 Å². The number of esters is 2. The molecular formula is C37H58O11. The first-order valence-electron chi connectivity index (χ1n) is 18.5. The number of hydrogen-bond donors (Lipinski definition) is 0. The Morgan fingerprint density at radius 1 is 0.750 bits per heavy atom. The van der Waals surface area contributed by atoms with Crippen LogP contribution >= 0.6 is 0 Å². The van der Waals surface area contributed by atoms with Crippen LogP contribution in [0.4, 0.5) is 4.79 Å². The highest BCUT2D eigenvalue weighted by molar-refractivity contribution is 5.76. The van der Waals surface area contributed by atoms with E-state index in [1.54, 1.807) is 6.92 Å². The zero-order chi connectivity index (χ0) is 34.6. The molecule has 0 bridgehead atoms. The van der Waals surface area contributed by atoms with Crippen molar-refractivity contribution in [1.29, 1.82) is 0 Å². The van der Waals surface area contributed by atoms with Gasteiger partial charge in [0.2, 0.25) is 0 Å². The van der Waals surface area contributed by atoms with Crippen molar-refractivity contribution >= 4 is 18.1 Å². The summed E-state index contributed by atoms with van der Waals surface area (Å²) in [5.41, 5.74) is -0.827. The van der Waals surface area contributed by atoms with E-state index in [2.05, 4.69) is 20.8 Å². The highest BCUT2D eigenvalue weighted by atomic mass is 16.8. The van der Waals surface area contributed by atoms with Crippen molar-refractivity contribution in [3.8, 4) is 0 Å². The van der Waals surface area contributed by atoms with Gasteiger partial charge in [0, 0.05) is 17.8 Å². The van der Waals surface area contributed by atoms with Crippen LogP contribution in [0.25, 0.3) is 0 Å². The van der Waals surface area contributed by atoms with E-state index in [1.165, 1.54) is 0 Å². The Morgan fingerprint density at radius 3 is 1.85 bits per heavy atom. The first-order valence-corrected chi connectivity index (χ1v) is 18.5. The quantitative estimate of drug-likeness (QED) is 0.127. The van der Waals surface area contributed by atoms with Gasteiger partial charge >= 0.3 is 18.1 Å². The van der Waals surface area contributed by atoms with Crippen molar-refractivity contribution in [2.75, 3.05) is 26.4 Å². The summed E-state index contributed by atoms with van der Waals surface area (Å²) < 4.78 is 48.0. The molecule has 0 N–H and O–H groups in total. The summed E-state index contributed by atoms with van der Waals surface area (Å²) in [6, 6.07) is 0. The Morgan fingerprint density at radius 2 is 1.29 bits per heavy atom. The Hall–Kier alpha value is -2.21. The number of carbonyl (C=O) groups excluding carboxylic acids is 3. The third-order valence-electron chi connectivity index (χ3n) is 11.9. The first kappa shape index (κ1) is 37.1. The van der Waals surface area contributed by atoms with Gasteiger partial charge in [-0.05, 0) is 70.8 Å². The van der Waals surface area contributed by atoms with Gasteiger partial charge in [-0.2, -0.15) is 0 Å². The molecule has 5 fully saturated rings. The standard InChI is InChI=1S/C37H58O11/c1-8-12-22(6)45-34(38)23-13-15-24(16-14-23)35(39)46-28-19-44-31-26(18-42-32(28)31)27(10-3)37(7,11-4)48-36(40)47-29-20-43-30-25(21(5)9-2)17-41-33(29)30/h12,21,23-33H,8-11,13-20H2,1-7H3/b22-12-. The fourth-order valence-corrected chi connectivity index (χ4v) is 8.64. The molecule has 1 saturated carbocycles. The van der Waals surface area contributed by atoms with Gasteiger partial charge in [-0.25, -0.2) is 4.79 Å². The number of fused-ring (bicyclic) bond motifs is 2. The monoisotopic (exact) mass is 678 g/mol. The average Bonchev–Trinajstić information content (AvgIpc) is 3.86. The van der Waals surface area contributed by atoms with Gasteiger partial charge in [-0.1, -0.05) is 41.0 Å². The van der Waals surface area contributed by atoms with Gasteiger partial charge in [-0.15, -0.1) is 0 Å². The van der Waals surface area contributed by atoms with Crippen molar-refractivity contribution in [3.05, 3.63) is 11.8 Å². The van der Waals surface area contributed by atoms with Crippen molar-refractivity contribution < 1.29 is 52.3 Å². The van der Waals surface area contributed by atoms with Crippen LogP contribution in [0.2, 0.25) is 0 Å². The van der Waals surface area contributed by atoms with Crippen LogP contribution in [0, 0.1) is 35.5 Å². The summed E-state index contributed by atoms with van der Waals surface area (Å²) in [6.45, 7) is 15.8. The molecule has 11 heteroatoms. The third kappa shape index (κ3) is 7.89. The molecule has 11 unspecified atom stereocenters. The van der Waals surface area contributed by atoms with Crippen LogP contribution in [0.15, 0.2) is 11.8 Å². The largest absolute Gasteiger partial charge is 0.509 e. The molecule has 0 spiro atoms. The number of carbonyl (C=O) groups is 3. The molecular weight excluding hydrogens is 620 g/mol. The minimum Gasteiger partial charge on any atom is -0.457 e. The Balaban J connectivity index is 1.12. The predicted molar refractivity (Wildman–Crippen MR) is 175 cm³/mol. The normalized spacial score (nSPS) is 37.2. The minimum atomic E-state index is -0.827. The van der Waals surface area contributed by atoms with E-state index >= 15 is 0 Å². The van der Waals surface area contributed by atoms with Gasteiger partial charge in [0.25, 0.3) is 0 Å². The lowest BCUT2D eigenvalue weighted by Gasteiger charge is -2.40. The first-order chi connectivity index (χ1) is 23.0. The Bertz CT molecular complexity index is 1150. The Kier molecular flexibility index (Phi) is 12.5. The molecule has 48 heavy (non-hydrogen) atoms. The second-order valence-electron chi connectivity index (χ2n) is 14.8. The maximum Gasteiger partial charge on any atom is 0.509 e. The molecule has 5 rings (SSSR count). The van der Waals surface area contributed by atoms with E-state index in [0.29, 0.717) is 69.5 Å². The lowest BCUT2D eigenvalue weighted by molar-refractivity contribution is -0.161. The molecule has 0 aromatic carbocycles. The fraction of sp³-hybridized carbons (Fsp3) is 0.865. The molecule has 4 heterocycles. The lowest BCUT2D eigenvalue weighted by Crippen LogP contribution is -2.47. The summed E-state index contributed by atoms with van der Waals surface area (Å²) >= 11 is 0. The van der Waals surface area contributed by atoms with Crippen LogP contribution < -0.4 is 0 Å². The summed E-state index contributed by atoms with van der Waals surface area (Å²) in [4.78, 5) is 39.0. The van der Waals surface area contributed by atoms with Crippen LogP contribution in [-0.4, -0.2) is 86.7 Å². The molecule has 4 saturated heterocycles. The highest BCUT2D eigenvalue weighted by Crippen LogP contribution is 2.45. The Labute approximate surface area is 286 Å². The molecule has 4 aliphatic heterocycles. The minimum absolute atomic E-state index is 0.0539. The summed E-state index contributed by atoms with van der Waals surface area (Å²) in [7, 11) is 0. The maximum absolute atomic E-state index is 13.2. The highest BCUT2D eigenvalue weighted by Gasteiger charge is 2.56. The lowest BCUT2D eigenvalue weighted by atomic mass is 9.74. The van der Waals surface area contributed by atoms with Gasteiger partial charge < -0.3 is 37.9 Å². The molecule has 272 valence electrons. The van der Waals surface area contributed by atoms with Gasteiger partial charge in [0.1, 0.15) is 23.6 Å². The maximum atomic E-state index is 13.2. The summed E-state index contributed by atoms with van der Waals surface area (Å²) in [5.74, 6) is 0.307. The molecule has 1 aliphatic carbocycles. The molecule has 11 nitrogen and oxygen atoms in total. The number of ether oxygens (including phenoxy) is 8. The molecule has 11 atom stereocenters. The SMILES string of the molecule is CC/C=C(/C)OC(=O)C1CCC(C(=O)OC2COC3C(C(CC)C(C)(CC)OC(=O)OC4COC5C(C(C)CC)COC45)COC23)CC1. The summed E-state index contributed by atoms with van der Waals surface area (Å²) in [6.07, 6.45) is 4.69. The zero-order valence-electron chi connectivity index (χ0n) is 30.0. The van der Waals surface area contributed by atoms with E-state index in [9.17, 15) is 14.4 Å². The van der Waals surface area contributed by atoms with Crippen molar-refractivity contribution in [1.82, 2.24) is 0 Å². The molecule has 0 radical (unpaired) electrons. The van der Waals surface area contributed by atoms with Crippen molar-refractivity contribution in [2.45, 2.75) is 142 Å². The van der Waals surface area contributed by atoms with Crippen LogP contribution in [-0.2, 0) is 47.5 Å². The van der Waals surface area contributed by atoms with Crippen molar-refractivity contribution in [3.63, 3.8) is 0 Å². The molecule has 0 aromatic rings.